The number of nitrogens with one attached hydrogen (secondary N) is 1. The van der Waals surface area contributed by atoms with E-state index >= 15 is 0 Å². The van der Waals surface area contributed by atoms with Gasteiger partial charge < -0.3 is 15.1 Å². The van der Waals surface area contributed by atoms with Gasteiger partial charge in [-0.15, -0.1) is 0 Å². The van der Waals surface area contributed by atoms with Crippen molar-refractivity contribution >= 4 is 29.0 Å². The number of carbonyl (C=O) groups excluding carboxylic acids is 1. The third kappa shape index (κ3) is 4.07. The van der Waals surface area contributed by atoms with Gasteiger partial charge in [0, 0.05) is 36.9 Å². The fourth-order valence-corrected chi connectivity index (χ4v) is 3.91. The molecule has 4 rings (SSSR count). The maximum absolute atomic E-state index is 12.6. The highest BCUT2D eigenvalue weighted by molar-refractivity contribution is 6.30. The SMILES string of the molecule is Cc1nn(-c2ccccc2)c(C)c1N1CCN(C(=O)Nc2ccc(Cl)cc2)CC1. The van der Waals surface area contributed by atoms with Crippen LogP contribution in [0.15, 0.2) is 54.6 Å². The van der Waals surface area contributed by atoms with E-state index in [1.165, 1.54) is 0 Å². The summed E-state index contributed by atoms with van der Waals surface area (Å²) in [6.45, 7) is 7.01. The summed E-state index contributed by atoms with van der Waals surface area (Å²) >= 11 is 5.90. The van der Waals surface area contributed by atoms with E-state index in [1.54, 1.807) is 24.3 Å². The molecule has 1 fully saturated rings. The van der Waals surface area contributed by atoms with E-state index < -0.39 is 0 Å². The van der Waals surface area contributed by atoms with Gasteiger partial charge in [-0.2, -0.15) is 5.10 Å². The van der Waals surface area contributed by atoms with E-state index in [9.17, 15) is 4.79 Å². The van der Waals surface area contributed by atoms with Crippen molar-refractivity contribution in [1.29, 1.82) is 0 Å². The number of aromatic nitrogens is 2. The molecule has 0 atom stereocenters. The maximum Gasteiger partial charge on any atom is 0.321 e. The van der Waals surface area contributed by atoms with Crippen molar-refractivity contribution in [2.75, 3.05) is 36.4 Å². The molecule has 0 radical (unpaired) electrons. The number of hydrogen-bond donors (Lipinski definition) is 1. The Hall–Kier alpha value is -2.99. The molecule has 1 aliphatic rings. The van der Waals surface area contributed by atoms with Crippen molar-refractivity contribution in [1.82, 2.24) is 14.7 Å². The second-order valence-corrected chi connectivity index (χ2v) is 7.61. The number of urea groups is 1. The fraction of sp³-hybridized carbons (Fsp3) is 0.273. The third-order valence-electron chi connectivity index (χ3n) is 5.23. The Bertz CT molecular complexity index is 992. The van der Waals surface area contributed by atoms with Crippen LogP contribution in [0.3, 0.4) is 0 Å². The number of nitrogens with zero attached hydrogens (tertiary/aromatic N) is 4. The molecular weight excluding hydrogens is 386 g/mol. The topological polar surface area (TPSA) is 53.4 Å². The zero-order valence-electron chi connectivity index (χ0n) is 16.6. The molecule has 150 valence electrons. The molecular formula is C22H24ClN5O. The van der Waals surface area contributed by atoms with E-state index in [4.69, 9.17) is 16.7 Å². The van der Waals surface area contributed by atoms with E-state index in [2.05, 4.69) is 29.3 Å². The summed E-state index contributed by atoms with van der Waals surface area (Å²) in [7, 11) is 0. The Labute approximate surface area is 175 Å². The Morgan fingerprint density at radius 2 is 1.62 bits per heavy atom. The van der Waals surface area contributed by atoms with Gasteiger partial charge in [-0.05, 0) is 50.2 Å². The van der Waals surface area contributed by atoms with Crippen molar-refractivity contribution < 1.29 is 4.79 Å². The molecule has 1 aromatic heterocycles. The summed E-state index contributed by atoms with van der Waals surface area (Å²) in [6, 6.07) is 17.2. The van der Waals surface area contributed by atoms with Crippen LogP contribution in [-0.4, -0.2) is 46.9 Å². The molecule has 1 saturated heterocycles. The van der Waals surface area contributed by atoms with Crippen molar-refractivity contribution in [3.63, 3.8) is 0 Å². The first-order valence-electron chi connectivity index (χ1n) is 9.71. The van der Waals surface area contributed by atoms with Crippen LogP contribution in [0.2, 0.25) is 5.02 Å². The molecule has 0 spiro atoms. The number of piperazine rings is 1. The third-order valence-corrected chi connectivity index (χ3v) is 5.48. The van der Waals surface area contributed by atoms with Gasteiger partial charge in [0.05, 0.1) is 22.8 Å². The summed E-state index contributed by atoms with van der Waals surface area (Å²) < 4.78 is 1.99. The lowest BCUT2D eigenvalue weighted by atomic mass is 10.2. The van der Waals surface area contributed by atoms with E-state index in [1.807, 2.05) is 34.7 Å². The second kappa shape index (κ2) is 8.17. The number of carbonyl (C=O) groups is 1. The standard InChI is InChI=1S/C22H24ClN5O/c1-16-21(17(2)28(25-16)20-6-4-3-5-7-20)26-12-14-27(15-13-26)22(29)24-19-10-8-18(23)9-11-19/h3-11H,12-15H2,1-2H3,(H,24,29). The molecule has 7 heteroatoms. The molecule has 0 bridgehead atoms. The van der Waals surface area contributed by atoms with Gasteiger partial charge in [0.1, 0.15) is 0 Å². The highest BCUT2D eigenvalue weighted by atomic mass is 35.5. The summed E-state index contributed by atoms with van der Waals surface area (Å²) in [4.78, 5) is 16.7. The van der Waals surface area contributed by atoms with Gasteiger partial charge in [0.15, 0.2) is 0 Å². The van der Waals surface area contributed by atoms with E-state index in [-0.39, 0.29) is 6.03 Å². The second-order valence-electron chi connectivity index (χ2n) is 7.18. The Morgan fingerprint density at radius 1 is 0.966 bits per heavy atom. The molecule has 1 aliphatic heterocycles. The van der Waals surface area contributed by atoms with Crippen LogP contribution in [0.4, 0.5) is 16.2 Å². The minimum Gasteiger partial charge on any atom is -0.365 e. The van der Waals surface area contributed by atoms with Gasteiger partial charge in [-0.3, -0.25) is 0 Å². The molecule has 0 aliphatic carbocycles. The number of anilines is 2. The first-order chi connectivity index (χ1) is 14.0. The van der Waals surface area contributed by atoms with E-state index in [0.717, 1.165) is 41.5 Å². The van der Waals surface area contributed by atoms with Crippen LogP contribution < -0.4 is 10.2 Å². The Balaban J connectivity index is 1.43. The molecule has 3 aromatic rings. The van der Waals surface area contributed by atoms with Gasteiger partial charge in [-0.1, -0.05) is 29.8 Å². The van der Waals surface area contributed by atoms with Crippen LogP contribution in [0.25, 0.3) is 5.69 Å². The molecule has 1 N–H and O–H groups in total. The molecule has 29 heavy (non-hydrogen) atoms. The van der Waals surface area contributed by atoms with Crippen molar-refractivity contribution in [3.8, 4) is 5.69 Å². The number of para-hydroxylation sites is 1. The highest BCUT2D eigenvalue weighted by Crippen LogP contribution is 2.27. The minimum atomic E-state index is -0.0830. The van der Waals surface area contributed by atoms with Crippen LogP contribution >= 0.6 is 11.6 Å². The average Bonchev–Trinajstić information content (AvgIpc) is 3.04. The molecule has 2 heterocycles. The molecule has 2 aromatic carbocycles. The summed E-state index contributed by atoms with van der Waals surface area (Å²) in [5, 5.41) is 8.33. The maximum atomic E-state index is 12.6. The molecule has 6 nitrogen and oxygen atoms in total. The number of amides is 2. The predicted octanol–water partition coefficient (Wildman–Crippen LogP) is 4.50. The smallest absolute Gasteiger partial charge is 0.321 e. The number of aryl methyl sites for hydroxylation is 1. The number of rotatable bonds is 3. The largest absolute Gasteiger partial charge is 0.365 e. The summed E-state index contributed by atoms with van der Waals surface area (Å²) in [5.41, 5.74) is 5.09. The van der Waals surface area contributed by atoms with Crippen molar-refractivity contribution in [2.45, 2.75) is 13.8 Å². The number of halogens is 1. The Kier molecular flexibility index (Phi) is 5.45. The van der Waals surface area contributed by atoms with Gasteiger partial charge in [0.25, 0.3) is 0 Å². The van der Waals surface area contributed by atoms with Crippen LogP contribution in [0, 0.1) is 13.8 Å². The lowest BCUT2D eigenvalue weighted by Gasteiger charge is -2.36. The molecule has 0 unspecified atom stereocenters. The van der Waals surface area contributed by atoms with Crippen molar-refractivity contribution in [2.24, 2.45) is 0 Å². The van der Waals surface area contributed by atoms with Gasteiger partial charge >= 0.3 is 6.03 Å². The molecule has 0 saturated carbocycles. The normalized spacial score (nSPS) is 14.2. The number of benzene rings is 2. The lowest BCUT2D eigenvalue weighted by Crippen LogP contribution is -2.50. The first kappa shape index (κ1) is 19.3. The minimum absolute atomic E-state index is 0.0830. The average molecular weight is 410 g/mol. The zero-order valence-corrected chi connectivity index (χ0v) is 17.4. The van der Waals surface area contributed by atoms with Crippen molar-refractivity contribution in [3.05, 3.63) is 71.0 Å². The molecule has 2 amide bonds. The predicted molar refractivity (Wildman–Crippen MR) is 117 cm³/mol. The highest BCUT2D eigenvalue weighted by Gasteiger charge is 2.25. The van der Waals surface area contributed by atoms with Gasteiger partial charge in [0.2, 0.25) is 0 Å². The van der Waals surface area contributed by atoms with E-state index in [0.29, 0.717) is 18.1 Å². The fourth-order valence-electron chi connectivity index (χ4n) is 3.78. The zero-order chi connectivity index (χ0) is 20.4. The van der Waals surface area contributed by atoms with Crippen LogP contribution in [0.1, 0.15) is 11.4 Å². The summed E-state index contributed by atoms with van der Waals surface area (Å²) in [5.74, 6) is 0. The quantitative estimate of drug-likeness (QED) is 0.693. The van der Waals surface area contributed by atoms with Crippen LogP contribution in [-0.2, 0) is 0 Å². The first-order valence-corrected chi connectivity index (χ1v) is 10.1. The number of hydrogen-bond acceptors (Lipinski definition) is 3. The van der Waals surface area contributed by atoms with Gasteiger partial charge in [-0.25, -0.2) is 9.48 Å². The monoisotopic (exact) mass is 409 g/mol. The summed E-state index contributed by atoms with van der Waals surface area (Å²) in [6.07, 6.45) is 0. The Morgan fingerprint density at radius 3 is 2.28 bits per heavy atom. The van der Waals surface area contributed by atoms with Crippen LogP contribution in [0.5, 0.6) is 0 Å². The lowest BCUT2D eigenvalue weighted by molar-refractivity contribution is 0.208.